The number of hydrogen-bond donors (Lipinski definition) is 1. The highest BCUT2D eigenvalue weighted by Gasteiger charge is 2.30. The highest BCUT2D eigenvalue weighted by atomic mass is 35.5. The second-order valence-corrected chi connectivity index (χ2v) is 7.04. The van der Waals surface area contributed by atoms with Crippen molar-refractivity contribution in [2.24, 2.45) is 0 Å². The largest absolute Gasteiger partial charge is 0.312 e. The molecule has 1 unspecified atom stereocenters. The van der Waals surface area contributed by atoms with Gasteiger partial charge in [-0.1, -0.05) is 23.2 Å². The molecule has 1 aromatic carbocycles. The number of halogens is 2. The standard InChI is InChI=1S/C11H14Cl2N2O2S/c1-8-7-15(5-4-14-8)18(16,17)11-6-9(12)2-3-10(11)13/h2-3,6,8,14H,4-5,7H2,1H3. The Kier molecular flexibility index (Phi) is 4.18. The number of sulfonamides is 1. The number of nitrogens with zero attached hydrogens (tertiary/aromatic N) is 1. The van der Waals surface area contributed by atoms with Crippen LogP contribution in [0.25, 0.3) is 0 Å². The van der Waals surface area contributed by atoms with Gasteiger partial charge in [0, 0.05) is 30.7 Å². The number of benzene rings is 1. The third-order valence-corrected chi connectivity index (χ3v) is 5.42. The second kappa shape index (κ2) is 5.35. The van der Waals surface area contributed by atoms with E-state index in [1.54, 1.807) is 6.07 Å². The van der Waals surface area contributed by atoms with Gasteiger partial charge in [0.05, 0.1) is 5.02 Å². The summed E-state index contributed by atoms with van der Waals surface area (Å²) in [5, 5.41) is 3.76. The Morgan fingerprint density at radius 3 is 2.78 bits per heavy atom. The first-order chi connectivity index (χ1) is 8.41. The smallest absolute Gasteiger partial charge is 0.244 e. The molecule has 0 aliphatic carbocycles. The van der Waals surface area contributed by atoms with Gasteiger partial charge in [-0.05, 0) is 25.1 Å². The van der Waals surface area contributed by atoms with Gasteiger partial charge in [-0.25, -0.2) is 8.42 Å². The number of nitrogens with one attached hydrogen (secondary N) is 1. The maximum Gasteiger partial charge on any atom is 0.244 e. The summed E-state index contributed by atoms with van der Waals surface area (Å²) in [6.45, 7) is 3.46. The molecule has 0 amide bonds. The van der Waals surface area contributed by atoms with Crippen molar-refractivity contribution in [3.05, 3.63) is 28.2 Å². The van der Waals surface area contributed by atoms with Crippen LogP contribution in [0, 0.1) is 0 Å². The van der Waals surface area contributed by atoms with Crippen molar-refractivity contribution >= 4 is 33.2 Å². The molecule has 1 N–H and O–H groups in total. The molecule has 4 nitrogen and oxygen atoms in total. The van der Waals surface area contributed by atoms with Crippen molar-refractivity contribution in [1.82, 2.24) is 9.62 Å². The summed E-state index contributed by atoms with van der Waals surface area (Å²) >= 11 is 11.8. The van der Waals surface area contributed by atoms with E-state index in [1.807, 2.05) is 6.92 Å². The third kappa shape index (κ3) is 2.81. The summed E-state index contributed by atoms with van der Waals surface area (Å²) in [4.78, 5) is 0.0748. The maximum absolute atomic E-state index is 12.5. The molecule has 7 heteroatoms. The molecule has 1 saturated heterocycles. The summed E-state index contributed by atoms with van der Waals surface area (Å²) in [5.74, 6) is 0. The quantitative estimate of drug-likeness (QED) is 0.909. The first-order valence-electron chi connectivity index (χ1n) is 5.60. The van der Waals surface area contributed by atoms with Crippen LogP contribution in [0.4, 0.5) is 0 Å². The zero-order valence-corrected chi connectivity index (χ0v) is 12.2. The third-order valence-electron chi connectivity index (χ3n) is 2.84. The van der Waals surface area contributed by atoms with E-state index in [9.17, 15) is 8.42 Å². The van der Waals surface area contributed by atoms with Crippen LogP contribution in [-0.4, -0.2) is 38.4 Å². The normalized spacial score (nSPS) is 22.1. The minimum absolute atomic E-state index is 0.0748. The van der Waals surface area contributed by atoms with Crippen molar-refractivity contribution < 1.29 is 8.42 Å². The van der Waals surface area contributed by atoms with E-state index < -0.39 is 10.0 Å². The van der Waals surface area contributed by atoms with Crippen LogP contribution in [0.15, 0.2) is 23.1 Å². The van der Waals surface area contributed by atoms with E-state index in [4.69, 9.17) is 23.2 Å². The lowest BCUT2D eigenvalue weighted by molar-refractivity contribution is 0.310. The van der Waals surface area contributed by atoms with Crippen LogP contribution in [0.2, 0.25) is 10.0 Å². The summed E-state index contributed by atoms with van der Waals surface area (Å²) in [6.07, 6.45) is 0. The minimum Gasteiger partial charge on any atom is -0.312 e. The molecule has 0 radical (unpaired) electrons. The molecule has 0 aromatic heterocycles. The van der Waals surface area contributed by atoms with Gasteiger partial charge in [-0.2, -0.15) is 4.31 Å². The molecule has 1 aliphatic rings. The molecule has 18 heavy (non-hydrogen) atoms. The second-order valence-electron chi connectivity index (χ2n) is 4.29. The Labute approximate surface area is 117 Å². The molecule has 0 spiro atoms. The van der Waals surface area contributed by atoms with E-state index in [-0.39, 0.29) is 16.0 Å². The van der Waals surface area contributed by atoms with Crippen LogP contribution in [0.3, 0.4) is 0 Å². The fourth-order valence-corrected chi connectivity index (χ4v) is 4.20. The SMILES string of the molecule is CC1CN(S(=O)(=O)c2cc(Cl)ccc2Cl)CCN1. The molecule has 1 atom stereocenters. The lowest BCUT2D eigenvalue weighted by atomic mass is 10.3. The Hall–Kier alpha value is -0.330. The molecule has 0 saturated carbocycles. The zero-order chi connectivity index (χ0) is 13.3. The first-order valence-corrected chi connectivity index (χ1v) is 7.79. The monoisotopic (exact) mass is 308 g/mol. The van der Waals surface area contributed by atoms with E-state index in [2.05, 4.69) is 5.32 Å². The van der Waals surface area contributed by atoms with Crippen molar-refractivity contribution in [3.63, 3.8) is 0 Å². The number of hydrogen-bond acceptors (Lipinski definition) is 3. The zero-order valence-electron chi connectivity index (χ0n) is 9.86. The first kappa shape index (κ1) is 14.1. The average Bonchev–Trinajstić information content (AvgIpc) is 2.32. The Morgan fingerprint density at radius 2 is 2.11 bits per heavy atom. The van der Waals surface area contributed by atoms with Gasteiger partial charge in [0.2, 0.25) is 10.0 Å². The van der Waals surface area contributed by atoms with E-state index in [0.29, 0.717) is 24.7 Å². The van der Waals surface area contributed by atoms with Crippen LogP contribution >= 0.6 is 23.2 Å². The summed E-state index contributed by atoms with van der Waals surface area (Å²) in [5.41, 5.74) is 0. The van der Waals surface area contributed by atoms with Gasteiger partial charge in [0.15, 0.2) is 0 Å². The molecular weight excluding hydrogens is 295 g/mol. The minimum atomic E-state index is -3.57. The lowest BCUT2D eigenvalue weighted by Gasteiger charge is -2.31. The summed E-state index contributed by atoms with van der Waals surface area (Å²) in [6, 6.07) is 4.60. The van der Waals surface area contributed by atoms with E-state index >= 15 is 0 Å². The van der Waals surface area contributed by atoms with Crippen molar-refractivity contribution in [3.8, 4) is 0 Å². The van der Waals surface area contributed by atoms with Gasteiger partial charge in [-0.3, -0.25) is 0 Å². The van der Waals surface area contributed by atoms with E-state index in [0.717, 1.165) is 0 Å². The number of piperazine rings is 1. The summed E-state index contributed by atoms with van der Waals surface area (Å²) in [7, 11) is -3.57. The Bertz CT molecular complexity index is 548. The maximum atomic E-state index is 12.5. The van der Waals surface area contributed by atoms with Crippen LogP contribution in [0.1, 0.15) is 6.92 Å². The molecule has 100 valence electrons. The molecule has 2 rings (SSSR count). The van der Waals surface area contributed by atoms with Gasteiger partial charge >= 0.3 is 0 Å². The topological polar surface area (TPSA) is 49.4 Å². The number of rotatable bonds is 2. The van der Waals surface area contributed by atoms with Crippen molar-refractivity contribution in [2.75, 3.05) is 19.6 Å². The average molecular weight is 309 g/mol. The van der Waals surface area contributed by atoms with Crippen LogP contribution in [-0.2, 0) is 10.0 Å². The van der Waals surface area contributed by atoms with Gasteiger partial charge in [0.25, 0.3) is 0 Å². The lowest BCUT2D eigenvalue weighted by Crippen LogP contribution is -2.51. The van der Waals surface area contributed by atoms with Gasteiger partial charge in [-0.15, -0.1) is 0 Å². The fraction of sp³-hybridized carbons (Fsp3) is 0.455. The predicted octanol–water partition coefficient (Wildman–Crippen LogP) is 1.98. The Morgan fingerprint density at radius 1 is 1.39 bits per heavy atom. The molecule has 1 heterocycles. The molecular formula is C11H14Cl2N2O2S. The molecule has 1 fully saturated rings. The van der Waals surface area contributed by atoms with E-state index in [1.165, 1.54) is 16.4 Å². The van der Waals surface area contributed by atoms with Crippen molar-refractivity contribution in [1.29, 1.82) is 0 Å². The predicted molar refractivity (Wildman–Crippen MR) is 72.7 cm³/mol. The van der Waals surface area contributed by atoms with Crippen molar-refractivity contribution in [2.45, 2.75) is 17.9 Å². The van der Waals surface area contributed by atoms with Gasteiger partial charge < -0.3 is 5.32 Å². The molecule has 1 aliphatic heterocycles. The van der Waals surface area contributed by atoms with Gasteiger partial charge in [0.1, 0.15) is 4.90 Å². The molecule has 0 bridgehead atoms. The van der Waals surface area contributed by atoms with Crippen LogP contribution in [0.5, 0.6) is 0 Å². The molecule has 1 aromatic rings. The van der Waals surface area contributed by atoms with Crippen LogP contribution < -0.4 is 5.32 Å². The highest BCUT2D eigenvalue weighted by molar-refractivity contribution is 7.89. The fourth-order valence-electron chi connectivity index (χ4n) is 1.93. The Balaban J connectivity index is 2.38. The highest BCUT2D eigenvalue weighted by Crippen LogP contribution is 2.28. The summed E-state index contributed by atoms with van der Waals surface area (Å²) < 4.78 is 26.4.